The van der Waals surface area contributed by atoms with Crippen molar-refractivity contribution in [1.29, 1.82) is 0 Å². The van der Waals surface area contributed by atoms with Crippen LogP contribution in [0.3, 0.4) is 0 Å². The molecular formula is C18H23FN2O. The van der Waals surface area contributed by atoms with E-state index in [4.69, 9.17) is 0 Å². The maximum atomic E-state index is 13.4. The number of benzene rings is 1. The minimum atomic E-state index is -0.216. The molecule has 1 N–H and O–H groups in total. The van der Waals surface area contributed by atoms with Gasteiger partial charge in [-0.25, -0.2) is 4.39 Å². The summed E-state index contributed by atoms with van der Waals surface area (Å²) in [6.45, 7) is 1.16. The average molecular weight is 302 g/mol. The Morgan fingerprint density at radius 3 is 2.68 bits per heavy atom. The number of likely N-dealkylation sites (N-methyl/N-ethyl adjacent to an activating group) is 1. The second-order valence-electron chi connectivity index (χ2n) is 7.34. The summed E-state index contributed by atoms with van der Waals surface area (Å²) in [6, 6.07) is 4.78. The average Bonchev–Trinajstić information content (AvgIpc) is 3.20. The van der Waals surface area contributed by atoms with Gasteiger partial charge in [0.05, 0.1) is 6.04 Å². The van der Waals surface area contributed by atoms with Crippen molar-refractivity contribution >= 4 is 5.91 Å². The highest BCUT2D eigenvalue weighted by atomic mass is 19.1. The molecule has 0 spiro atoms. The minimum absolute atomic E-state index is 0.0841. The molecule has 1 atom stereocenters. The molecule has 0 saturated heterocycles. The van der Waals surface area contributed by atoms with Crippen LogP contribution in [-0.4, -0.2) is 23.9 Å². The lowest BCUT2D eigenvalue weighted by Gasteiger charge is -2.37. The van der Waals surface area contributed by atoms with Crippen LogP contribution in [0.2, 0.25) is 0 Å². The number of hydrogen-bond acceptors (Lipinski definition) is 2. The van der Waals surface area contributed by atoms with Crippen molar-refractivity contribution in [3.8, 4) is 0 Å². The summed E-state index contributed by atoms with van der Waals surface area (Å²) in [5.41, 5.74) is 2.20. The molecule has 3 aliphatic rings. The summed E-state index contributed by atoms with van der Waals surface area (Å²) in [6.07, 6.45) is 6.09. The van der Waals surface area contributed by atoms with E-state index >= 15 is 0 Å². The molecule has 1 aromatic rings. The highest BCUT2D eigenvalue weighted by molar-refractivity contribution is 5.83. The molecule has 4 heteroatoms. The molecule has 22 heavy (non-hydrogen) atoms. The maximum absolute atomic E-state index is 13.4. The van der Waals surface area contributed by atoms with Crippen molar-refractivity contribution in [3.05, 3.63) is 35.1 Å². The van der Waals surface area contributed by atoms with E-state index in [1.807, 2.05) is 18.0 Å². The number of amides is 1. The lowest BCUT2D eigenvalue weighted by molar-refractivity contribution is -0.137. The van der Waals surface area contributed by atoms with Crippen molar-refractivity contribution < 1.29 is 9.18 Å². The fourth-order valence-electron chi connectivity index (χ4n) is 5.04. The molecule has 2 bridgehead atoms. The Morgan fingerprint density at radius 2 is 2.05 bits per heavy atom. The highest BCUT2D eigenvalue weighted by Crippen LogP contribution is 2.56. The zero-order valence-corrected chi connectivity index (χ0v) is 13.1. The van der Waals surface area contributed by atoms with Gasteiger partial charge < -0.3 is 10.2 Å². The standard InChI is InChI=1S/C18H23FN2O/c1-20-16(18-6-4-12(9-18)5-7-18)17(22)21-10-13-2-3-15(19)8-14(13)11-21/h2-3,8,12,16,20H,4-7,9-11H2,1H3. The zero-order chi connectivity index (χ0) is 15.3. The zero-order valence-electron chi connectivity index (χ0n) is 13.1. The molecule has 3 nitrogen and oxygen atoms in total. The van der Waals surface area contributed by atoms with Crippen molar-refractivity contribution in [1.82, 2.24) is 10.2 Å². The minimum Gasteiger partial charge on any atom is -0.333 e. The third-order valence-corrected chi connectivity index (χ3v) is 6.15. The van der Waals surface area contributed by atoms with E-state index in [1.54, 1.807) is 6.07 Å². The predicted molar refractivity (Wildman–Crippen MR) is 82.5 cm³/mol. The Hall–Kier alpha value is -1.42. The SMILES string of the molecule is CNC(C(=O)N1Cc2ccc(F)cc2C1)C12CCC(CC1)C2. The molecule has 1 aliphatic heterocycles. The molecular weight excluding hydrogens is 279 g/mol. The number of rotatable bonds is 3. The van der Waals surface area contributed by atoms with Crippen LogP contribution < -0.4 is 5.32 Å². The van der Waals surface area contributed by atoms with Crippen LogP contribution in [0.1, 0.15) is 43.2 Å². The van der Waals surface area contributed by atoms with Gasteiger partial charge in [0.15, 0.2) is 0 Å². The van der Waals surface area contributed by atoms with Gasteiger partial charge in [-0.05, 0) is 73.7 Å². The molecule has 1 unspecified atom stereocenters. The molecule has 1 amide bonds. The Labute approximate surface area is 130 Å². The molecule has 4 rings (SSSR count). The first-order valence-electron chi connectivity index (χ1n) is 8.35. The van der Waals surface area contributed by atoms with E-state index in [1.165, 1.54) is 38.2 Å². The molecule has 1 aromatic carbocycles. The summed E-state index contributed by atoms with van der Waals surface area (Å²) in [5.74, 6) is 0.807. The van der Waals surface area contributed by atoms with Crippen molar-refractivity contribution in [2.75, 3.05) is 7.05 Å². The largest absolute Gasteiger partial charge is 0.333 e. The monoisotopic (exact) mass is 302 g/mol. The van der Waals surface area contributed by atoms with Gasteiger partial charge in [0.1, 0.15) is 5.82 Å². The number of carbonyl (C=O) groups excluding carboxylic acids is 1. The first-order valence-corrected chi connectivity index (χ1v) is 8.35. The third kappa shape index (κ3) is 2.08. The Bertz CT molecular complexity index is 607. The number of nitrogens with zero attached hydrogens (tertiary/aromatic N) is 1. The second-order valence-corrected chi connectivity index (χ2v) is 7.34. The van der Waals surface area contributed by atoms with Gasteiger partial charge in [0.25, 0.3) is 0 Å². The van der Waals surface area contributed by atoms with E-state index in [0.717, 1.165) is 17.0 Å². The lowest BCUT2D eigenvalue weighted by atomic mass is 9.76. The van der Waals surface area contributed by atoms with Crippen LogP contribution in [0.25, 0.3) is 0 Å². The van der Waals surface area contributed by atoms with Gasteiger partial charge in [-0.1, -0.05) is 6.07 Å². The Kier molecular flexibility index (Phi) is 3.26. The number of halogens is 1. The molecule has 2 aliphatic carbocycles. The van der Waals surface area contributed by atoms with Crippen LogP contribution in [-0.2, 0) is 17.9 Å². The molecule has 2 fully saturated rings. The quantitative estimate of drug-likeness (QED) is 0.931. The van der Waals surface area contributed by atoms with Crippen molar-refractivity contribution in [3.63, 3.8) is 0 Å². The molecule has 0 aromatic heterocycles. The van der Waals surface area contributed by atoms with Crippen LogP contribution in [0, 0.1) is 17.2 Å². The van der Waals surface area contributed by atoms with Gasteiger partial charge in [-0.15, -0.1) is 0 Å². The van der Waals surface area contributed by atoms with Gasteiger partial charge >= 0.3 is 0 Å². The van der Waals surface area contributed by atoms with Crippen LogP contribution in [0.4, 0.5) is 4.39 Å². The smallest absolute Gasteiger partial charge is 0.240 e. The number of fused-ring (bicyclic) bond motifs is 3. The molecule has 118 valence electrons. The maximum Gasteiger partial charge on any atom is 0.240 e. The molecule has 0 radical (unpaired) electrons. The summed E-state index contributed by atoms with van der Waals surface area (Å²) in [4.78, 5) is 15.0. The van der Waals surface area contributed by atoms with Crippen molar-refractivity contribution in [2.24, 2.45) is 11.3 Å². The molecule has 2 saturated carbocycles. The van der Waals surface area contributed by atoms with E-state index in [9.17, 15) is 9.18 Å². The van der Waals surface area contributed by atoms with E-state index in [0.29, 0.717) is 13.1 Å². The summed E-state index contributed by atoms with van der Waals surface area (Å²) < 4.78 is 13.4. The van der Waals surface area contributed by atoms with Crippen LogP contribution in [0.5, 0.6) is 0 Å². The topological polar surface area (TPSA) is 32.3 Å². The van der Waals surface area contributed by atoms with Crippen LogP contribution >= 0.6 is 0 Å². The van der Waals surface area contributed by atoms with Crippen LogP contribution in [0.15, 0.2) is 18.2 Å². The lowest BCUT2D eigenvalue weighted by Crippen LogP contribution is -2.52. The first kappa shape index (κ1) is 14.2. The van der Waals surface area contributed by atoms with Gasteiger partial charge in [-0.3, -0.25) is 4.79 Å². The van der Waals surface area contributed by atoms with Crippen molar-refractivity contribution in [2.45, 2.75) is 51.2 Å². The van der Waals surface area contributed by atoms with Gasteiger partial charge in [-0.2, -0.15) is 0 Å². The number of hydrogen-bond donors (Lipinski definition) is 1. The Balaban J connectivity index is 1.54. The van der Waals surface area contributed by atoms with E-state index < -0.39 is 0 Å². The summed E-state index contributed by atoms with van der Waals surface area (Å²) in [7, 11) is 1.91. The third-order valence-electron chi connectivity index (χ3n) is 6.15. The summed E-state index contributed by atoms with van der Waals surface area (Å²) in [5, 5.41) is 3.31. The second kappa shape index (κ2) is 5.05. The van der Waals surface area contributed by atoms with E-state index in [2.05, 4.69) is 5.32 Å². The first-order chi connectivity index (χ1) is 10.6. The number of carbonyl (C=O) groups is 1. The van der Waals surface area contributed by atoms with Gasteiger partial charge in [0, 0.05) is 13.1 Å². The molecule has 1 heterocycles. The fourth-order valence-corrected chi connectivity index (χ4v) is 5.04. The fraction of sp³-hybridized carbons (Fsp3) is 0.611. The predicted octanol–water partition coefficient (Wildman–Crippen LogP) is 2.84. The van der Waals surface area contributed by atoms with E-state index in [-0.39, 0.29) is 23.2 Å². The Morgan fingerprint density at radius 1 is 1.32 bits per heavy atom. The number of nitrogens with one attached hydrogen (secondary N) is 1. The summed E-state index contributed by atoms with van der Waals surface area (Å²) >= 11 is 0. The highest BCUT2D eigenvalue weighted by Gasteiger charge is 2.52. The van der Waals surface area contributed by atoms with Gasteiger partial charge in [0.2, 0.25) is 5.91 Å². The normalized spacial score (nSPS) is 30.6.